The first kappa shape index (κ1) is 22.9. The van der Waals surface area contributed by atoms with Crippen molar-refractivity contribution in [3.05, 3.63) is 101 Å². The molecule has 3 aromatic carbocycles. The van der Waals surface area contributed by atoms with Crippen LogP contribution >= 0.6 is 0 Å². The molecule has 3 amide bonds. The summed E-state index contributed by atoms with van der Waals surface area (Å²) in [5.74, 6) is -2.54. The summed E-state index contributed by atoms with van der Waals surface area (Å²) in [6.07, 6.45) is -1.27. The summed E-state index contributed by atoms with van der Waals surface area (Å²) >= 11 is 0. The predicted octanol–water partition coefficient (Wildman–Crippen LogP) is 4.21. The molecule has 1 aliphatic heterocycles. The van der Waals surface area contributed by atoms with Crippen LogP contribution in [0, 0.1) is 13.8 Å². The number of carbonyl (C=O) groups excluding carboxylic acids is 4. The van der Waals surface area contributed by atoms with Crippen LogP contribution in [0.25, 0.3) is 0 Å². The van der Waals surface area contributed by atoms with Gasteiger partial charge in [0.1, 0.15) is 6.04 Å². The van der Waals surface area contributed by atoms with E-state index in [2.05, 4.69) is 5.32 Å². The number of hydrogen-bond donors (Lipinski definition) is 1. The Morgan fingerprint density at radius 1 is 0.824 bits per heavy atom. The number of fused-ring (bicyclic) bond motifs is 1. The van der Waals surface area contributed by atoms with Gasteiger partial charge in [-0.2, -0.15) is 0 Å². The van der Waals surface area contributed by atoms with Gasteiger partial charge in [-0.3, -0.25) is 19.3 Å². The van der Waals surface area contributed by atoms with Crippen molar-refractivity contribution in [1.29, 1.82) is 0 Å². The Bertz CT molecular complexity index is 1230. The van der Waals surface area contributed by atoms with Gasteiger partial charge < -0.3 is 10.1 Å². The third-order valence-corrected chi connectivity index (χ3v) is 5.62. The molecule has 34 heavy (non-hydrogen) atoms. The van der Waals surface area contributed by atoms with Crippen molar-refractivity contribution in [2.75, 3.05) is 5.32 Å². The van der Waals surface area contributed by atoms with E-state index in [1.54, 1.807) is 42.5 Å². The smallest absolute Gasteiger partial charge is 0.330 e. The van der Waals surface area contributed by atoms with Crippen molar-refractivity contribution in [2.45, 2.75) is 32.9 Å². The Morgan fingerprint density at radius 3 is 1.91 bits per heavy atom. The fraction of sp³-hybridized carbons (Fsp3) is 0.185. The van der Waals surface area contributed by atoms with Crippen LogP contribution in [0.3, 0.4) is 0 Å². The summed E-state index contributed by atoms with van der Waals surface area (Å²) in [6, 6.07) is 19.4. The number of amides is 3. The predicted molar refractivity (Wildman–Crippen MR) is 126 cm³/mol. The maximum absolute atomic E-state index is 13.2. The van der Waals surface area contributed by atoms with Gasteiger partial charge in [-0.05, 0) is 56.2 Å². The minimum absolute atomic E-state index is 0.235. The lowest BCUT2D eigenvalue weighted by atomic mass is 10.1. The van der Waals surface area contributed by atoms with Crippen LogP contribution in [-0.2, 0) is 14.3 Å². The van der Waals surface area contributed by atoms with Crippen molar-refractivity contribution < 1.29 is 23.9 Å². The van der Waals surface area contributed by atoms with E-state index in [9.17, 15) is 19.2 Å². The number of esters is 1. The molecule has 0 radical (unpaired) electrons. The van der Waals surface area contributed by atoms with Crippen molar-refractivity contribution in [1.82, 2.24) is 4.90 Å². The summed E-state index contributed by atoms with van der Waals surface area (Å²) < 4.78 is 5.60. The number of carbonyl (C=O) groups is 4. The number of nitrogens with one attached hydrogen (secondary N) is 1. The molecule has 0 bridgehead atoms. The number of anilines is 1. The molecule has 2 atom stereocenters. The minimum Gasteiger partial charge on any atom is -0.446 e. The van der Waals surface area contributed by atoms with Crippen molar-refractivity contribution in [3.63, 3.8) is 0 Å². The maximum Gasteiger partial charge on any atom is 0.330 e. The van der Waals surface area contributed by atoms with Gasteiger partial charge in [-0.1, -0.05) is 48.5 Å². The van der Waals surface area contributed by atoms with E-state index < -0.39 is 35.8 Å². The number of aryl methyl sites for hydroxylation is 2. The average molecular weight is 456 g/mol. The number of hydrogen-bond acceptors (Lipinski definition) is 5. The highest BCUT2D eigenvalue weighted by Gasteiger charge is 2.42. The Balaban J connectivity index is 1.57. The van der Waals surface area contributed by atoms with E-state index in [4.69, 9.17) is 4.74 Å². The highest BCUT2D eigenvalue weighted by Crippen LogP contribution is 2.27. The van der Waals surface area contributed by atoms with Gasteiger partial charge in [0, 0.05) is 11.3 Å². The zero-order valence-electron chi connectivity index (χ0n) is 19.1. The summed E-state index contributed by atoms with van der Waals surface area (Å²) in [5.41, 5.74) is 3.46. The monoisotopic (exact) mass is 456 g/mol. The van der Waals surface area contributed by atoms with E-state index in [-0.39, 0.29) is 11.1 Å². The van der Waals surface area contributed by atoms with Gasteiger partial charge in [-0.15, -0.1) is 0 Å². The number of rotatable bonds is 6. The van der Waals surface area contributed by atoms with Crippen LogP contribution in [-0.4, -0.2) is 34.6 Å². The molecule has 1 heterocycles. The molecule has 2 unspecified atom stereocenters. The molecule has 1 N–H and O–H groups in total. The van der Waals surface area contributed by atoms with Gasteiger partial charge >= 0.3 is 5.97 Å². The van der Waals surface area contributed by atoms with Crippen LogP contribution in [0.15, 0.2) is 72.8 Å². The molecule has 3 aromatic rings. The average Bonchev–Trinajstić information content (AvgIpc) is 3.06. The molecule has 7 nitrogen and oxygen atoms in total. The molecule has 7 heteroatoms. The van der Waals surface area contributed by atoms with Gasteiger partial charge in [0.25, 0.3) is 17.7 Å². The largest absolute Gasteiger partial charge is 0.446 e. The van der Waals surface area contributed by atoms with E-state index in [1.165, 1.54) is 19.1 Å². The molecule has 0 aliphatic carbocycles. The Morgan fingerprint density at radius 2 is 1.35 bits per heavy atom. The molecular formula is C27H24N2O5. The van der Waals surface area contributed by atoms with E-state index in [0.29, 0.717) is 11.3 Å². The van der Waals surface area contributed by atoms with Gasteiger partial charge in [0.05, 0.1) is 11.1 Å². The molecule has 0 fully saturated rings. The number of benzene rings is 3. The SMILES string of the molecule is Cc1cc(C)cc(NC(=O)C(OC(=O)C(C)N2C(=O)c3ccccc3C2=O)c2ccccc2)c1. The summed E-state index contributed by atoms with van der Waals surface area (Å²) in [6.45, 7) is 5.25. The van der Waals surface area contributed by atoms with Crippen LogP contribution in [0.2, 0.25) is 0 Å². The first-order chi connectivity index (χ1) is 16.3. The Kier molecular flexibility index (Phi) is 6.27. The maximum atomic E-state index is 13.2. The number of nitrogens with zero attached hydrogens (tertiary/aromatic N) is 1. The lowest BCUT2D eigenvalue weighted by Crippen LogP contribution is -2.44. The Hall–Kier alpha value is -4.26. The fourth-order valence-corrected chi connectivity index (χ4v) is 4.04. The number of imide groups is 1. The van der Waals surface area contributed by atoms with E-state index in [1.807, 2.05) is 32.0 Å². The fourth-order valence-electron chi connectivity index (χ4n) is 4.04. The molecule has 0 saturated heterocycles. The van der Waals surface area contributed by atoms with Crippen molar-refractivity contribution >= 4 is 29.4 Å². The van der Waals surface area contributed by atoms with Crippen molar-refractivity contribution in [3.8, 4) is 0 Å². The Labute approximate surface area is 197 Å². The van der Waals surface area contributed by atoms with Gasteiger partial charge in [-0.25, -0.2) is 4.79 Å². The third-order valence-electron chi connectivity index (χ3n) is 5.62. The minimum atomic E-state index is -1.27. The summed E-state index contributed by atoms with van der Waals surface area (Å²) in [5, 5.41) is 2.80. The van der Waals surface area contributed by atoms with Crippen LogP contribution < -0.4 is 5.32 Å². The van der Waals surface area contributed by atoms with E-state index in [0.717, 1.165) is 16.0 Å². The highest BCUT2D eigenvalue weighted by molar-refractivity contribution is 6.22. The molecule has 0 spiro atoms. The third kappa shape index (κ3) is 4.45. The summed E-state index contributed by atoms with van der Waals surface area (Å²) in [4.78, 5) is 52.7. The lowest BCUT2D eigenvalue weighted by Gasteiger charge is -2.24. The standard InChI is InChI=1S/C27H24N2O5/c1-16-13-17(2)15-20(14-16)28-24(30)23(19-9-5-4-6-10-19)34-27(33)18(3)29-25(31)21-11-7-8-12-22(21)26(29)32/h4-15,18,23H,1-3H3,(H,28,30). The molecule has 0 aromatic heterocycles. The normalized spacial score (nSPS) is 14.4. The quantitative estimate of drug-likeness (QED) is 0.443. The lowest BCUT2D eigenvalue weighted by molar-refractivity contribution is -0.158. The molecule has 1 aliphatic rings. The van der Waals surface area contributed by atoms with Crippen LogP contribution in [0.4, 0.5) is 5.69 Å². The summed E-state index contributed by atoms with van der Waals surface area (Å²) in [7, 11) is 0. The zero-order valence-corrected chi connectivity index (χ0v) is 19.1. The highest BCUT2D eigenvalue weighted by atomic mass is 16.5. The molecular weight excluding hydrogens is 432 g/mol. The topological polar surface area (TPSA) is 92.8 Å². The number of ether oxygens (including phenoxy) is 1. The molecule has 172 valence electrons. The van der Waals surface area contributed by atoms with Crippen LogP contribution in [0.1, 0.15) is 50.4 Å². The second-order valence-electron chi connectivity index (χ2n) is 8.30. The zero-order chi connectivity index (χ0) is 24.4. The first-order valence-electron chi connectivity index (χ1n) is 10.9. The van der Waals surface area contributed by atoms with E-state index >= 15 is 0 Å². The second kappa shape index (κ2) is 9.31. The second-order valence-corrected chi connectivity index (χ2v) is 8.30. The molecule has 0 saturated carbocycles. The van der Waals surface area contributed by atoms with Gasteiger partial charge in [0.15, 0.2) is 0 Å². The van der Waals surface area contributed by atoms with Crippen LogP contribution in [0.5, 0.6) is 0 Å². The van der Waals surface area contributed by atoms with Gasteiger partial charge in [0.2, 0.25) is 6.10 Å². The molecule has 4 rings (SSSR count). The first-order valence-corrected chi connectivity index (χ1v) is 10.9. The van der Waals surface area contributed by atoms with Crippen molar-refractivity contribution in [2.24, 2.45) is 0 Å².